The Morgan fingerprint density at radius 1 is 1.50 bits per heavy atom. The molecule has 1 heterocycles. The van der Waals surface area contributed by atoms with Gasteiger partial charge in [-0.15, -0.1) is 0 Å². The van der Waals surface area contributed by atoms with E-state index in [0.717, 1.165) is 35.6 Å². The van der Waals surface area contributed by atoms with E-state index in [9.17, 15) is 0 Å². The zero-order chi connectivity index (χ0) is 9.97. The molecule has 1 aromatic carbocycles. The van der Waals surface area contributed by atoms with Crippen LogP contribution in [-0.4, -0.2) is 19.8 Å². The predicted molar refractivity (Wildman–Crippen MR) is 58.7 cm³/mol. The number of halogens is 1. The van der Waals surface area contributed by atoms with E-state index in [0.29, 0.717) is 5.92 Å². The van der Waals surface area contributed by atoms with Crippen LogP contribution in [0.15, 0.2) is 22.7 Å². The normalized spacial score (nSPS) is 16.4. The topological polar surface area (TPSA) is 18.5 Å². The molecule has 0 radical (unpaired) electrons. The summed E-state index contributed by atoms with van der Waals surface area (Å²) in [5, 5.41) is 0. The van der Waals surface area contributed by atoms with Gasteiger partial charge in [-0.1, -0.05) is 22.0 Å². The Bertz CT molecular complexity index is 321. The maximum atomic E-state index is 5.71. The molecule has 1 fully saturated rings. The second kappa shape index (κ2) is 4.32. The molecule has 0 bridgehead atoms. The average molecular weight is 257 g/mol. The summed E-state index contributed by atoms with van der Waals surface area (Å²) in [7, 11) is 0. The monoisotopic (exact) mass is 256 g/mol. The highest BCUT2D eigenvalue weighted by atomic mass is 79.9. The second-order valence-electron chi connectivity index (χ2n) is 3.58. The molecule has 76 valence electrons. The number of hydrogen-bond acceptors (Lipinski definition) is 2. The summed E-state index contributed by atoms with van der Waals surface area (Å²) in [5.74, 6) is 1.54. The molecule has 0 unspecified atom stereocenters. The van der Waals surface area contributed by atoms with Crippen LogP contribution in [0.5, 0.6) is 5.75 Å². The van der Waals surface area contributed by atoms with Crippen molar-refractivity contribution in [1.29, 1.82) is 0 Å². The van der Waals surface area contributed by atoms with Crippen molar-refractivity contribution in [3.63, 3.8) is 0 Å². The van der Waals surface area contributed by atoms with Crippen LogP contribution in [0.25, 0.3) is 0 Å². The maximum Gasteiger partial charge on any atom is 0.123 e. The lowest BCUT2D eigenvalue weighted by Gasteiger charge is -2.26. The van der Waals surface area contributed by atoms with E-state index in [4.69, 9.17) is 9.47 Å². The number of ether oxygens (including phenoxy) is 2. The lowest BCUT2D eigenvalue weighted by Crippen LogP contribution is -2.32. The molecule has 2 nitrogen and oxygen atoms in total. The molecule has 1 aliphatic heterocycles. The molecule has 1 saturated heterocycles. The zero-order valence-corrected chi connectivity index (χ0v) is 9.71. The van der Waals surface area contributed by atoms with E-state index in [1.807, 2.05) is 18.2 Å². The van der Waals surface area contributed by atoms with Gasteiger partial charge in [0.15, 0.2) is 0 Å². The van der Waals surface area contributed by atoms with E-state index in [2.05, 4.69) is 22.9 Å². The van der Waals surface area contributed by atoms with Crippen molar-refractivity contribution < 1.29 is 9.47 Å². The third kappa shape index (κ3) is 2.10. The molecule has 14 heavy (non-hydrogen) atoms. The molecule has 0 spiro atoms. The highest BCUT2D eigenvalue weighted by Crippen LogP contribution is 2.26. The fourth-order valence-electron chi connectivity index (χ4n) is 1.33. The summed E-state index contributed by atoms with van der Waals surface area (Å²) in [4.78, 5) is 0. The summed E-state index contributed by atoms with van der Waals surface area (Å²) in [5.41, 5.74) is 1.16. The van der Waals surface area contributed by atoms with Gasteiger partial charge < -0.3 is 9.47 Å². The number of benzene rings is 1. The molecule has 0 atom stereocenters. The first-order valence-corrected chi connectivity index (χ1v) is 5.52. The first-order valence-electron chi connectivity index (χ1n) is 4.73. The predicted octanol–water partition coefficient (Wildman–Crippen LogP) is 2.78. The largest absolute Gasteiger partial charge is 0.493 e. The van der Waals surface area contributed by atoms with Gasteiger partial charge >= 0.3 is 0 Å². The molecular formula is C11H13BrO2. The van der Waals surface area contributed by atoms with Crippen LogP contribution >= 0.6 is 15.9 Å². The average Bonchev–Trinajstić information content (AvgIpc) is 2.09. The van der Waals surface area contributed by atoms with Gasteiger partial charge in [0.05, 0.1) is 19.8 Å². The van der Waals surface area contributed by atoms with Gasteiger partial charge in [0.25, 0.3) is 0 Å². The molecule has 2 rings (SSSR count). The van der Waals surface area contributed by atoms with E-state index in [1.54, 1.807) is 0 Å². The Morgan fingerprint density at radius 3 is 2.93 bits per heavy atom. The van der Waals surface area contributed by atoms with Crippen molar-refractivity contribution in [2.75, 3.05) is 19.8 Å². The molecule has 0 aliphatic carbocycles. The number of rotatable bonds is 3. The van der Waals surface area contributed by atoms with Gasteiger partial charge in [0.2, 0.25) is 0 Å². The summed E-state index contributed by atoms with van der Waals surface area (Å²) in [6.07, 6.45) is 0. The fraction of sp³-hybridized carbons (Fsp3) is 0.455. The van der Waals surface area contributed by atoms with Gasteiger partial charge in [0, 0.05) is 16.0 Å². The van der Waals surface area contributed by atoms with E-state index in [1.165, 1.54) is 0 Å². The lowest BCUT2D eigenvalue weighted by molar-refractivity contribution is -0.0509. The fourth-order valence-corrected chi connectivity index (χ4v) is 1.68. The Kier molecular flexibility index (Phi) is 3.08. The van der Waals surface area contributed by atoms with Gasteiger partial charge in [-0.05, 0) is 19.1 Å². The second-order valence-corrected chi connectivity index (χ2v) is 4.43. The van der Waals surface area contributed by atoms with Crippen LogP contribution in [0.4, 0.5) is 0 Å². The quantitative estimate of drug-likeness (QED) is 0.828. The van der Waals surface area contributed by atoms with Crippen LogP contribution in [0.2, 0.25) is 0 Å². The zero-order valence-electron chi connectivity index (χ0n) is 8.13. The van der Waals surface area contributed by atoms with Crippen LogP contribution in [0.1, 0.15) is 5.56 Å². The van der Waals surface area contributed by atoms with Crippen molar-refractivity contribution in [3.05, 3.63) is 28.2 Å². The third-order valence-electron chi connectivity index (χ3n) is 2.40. The molecule has 0 aromatic heterocycles. The molecule has 0 amide bonds. The molecule has 1 aliphatic rings. The molecule has 0 N–H and O–H groups in total. The van der Waals surface area contributed by atoms with Gasteiger partial charge in [-0.3, -0.25) is 0 Å². The first kappa shape index (κ1) is 9.99. The summed E-state index contributed by atoms with van der Waals surface area (Å²) in [6.45, 7) is 4.49. The van der Waals surface area contributed by atoms with Crippen molar-refractivity contribution in [2.24, 2.45) is 5.92 Å². The molecular weight excluding hydrogens is 244 g/mol. The molecule has 3 heteroatoms. The minimum absolute atomic E-state index is 0.577. The van der Waals surface area contributed by atoms with Gasteiger partial charge in [0.1, 0.15) is 5.75 Å². The highest BCUT2D eigenvalue weighted by molar-refractivity contribution is 9.10. The Labute approximate surface area is 92.3 Å². The van der Waals surface area contributed by atoms with Crippen molar-refractivity contribution in [1.82, 2.24) is 0 Å². The Balaban J connectivity index is 1.97. The highest BCUT2D eigenvalue weighted by Gasteiger charge is 2.19. The van der Waals surface area contributed by atoms with Crippen LogP contribution in [0.3, 0.4) is 0 Å². The van der Waals surface area contributed by atoms with Crippen molar-refractivity contribution in [3.8, 4) is 5.75 Å². The van der Waals surface area contributed by atoms with Crippen LogP contribution < -0.4 is 4.74 Å². The van der Waals surface area contributed by atoms with Crippen LogP contribution in [0, 0.1) is 12.8 Å². The smallest absolute Gasteiger partial charge is 0.123 e. The lowest BCUT2D eigenvalue weighted by atomic mass is 10.1. The van der Waals surface area contributed by atoms with Gasteiger partial charge in [-0.2, -0.15) is 0 Å². The maximum absolute atomic E-state index is 5.71. The molecule has 0 saturated carbocycles. The Hall–Kier alpha value is -0.540. The summed E-state index contributed by atoms with van der Waals surface area (Å²) >= 11 is 3.48. The summed E-state index contributed by atoms with van der Waals surface area (Å²) < 4.78 is 11.9. The van der Waals surface area contributed by atoms with E-state index >= 15 is 0 Å². The van der Waals surface area contributed by atoms with E-state index < -0.39 is 0 Å². The molecule has 1 aromatic rings. The van der Waals surface area contributed by atoms with E-state index in [-0.39, 0.29) is 0 Å². The SMILES string of the molecule is Cc1c(Br)cccc1OCC1COC1. The third-order valence-corrected chi connectivity index (χ3v) is 3.26. The Morgan fingerprint density at radius 2 is 2.29 bits per heavy atom. The van der Waals surface area contributed by atoms with Gasteiger partial charge in [-0.25, -0.2) is 0 Å². The first-order chi connectivity index (χ1) is 6.77. The minimum atomic E-state index is 0.577. The number of hydrogen-bond donors (Lipinski definition) is 0. The summed E-state index contributed by atoms with van der Waals surface area (Å²) in [6, 6.07) is 6.01. The minimum Gasteiger partial charge on any atom is -0.493 e. The van der Waals surface area contributed by atoms with Crippen molar-refractivity contribution in [2.45, 2.75) is 6.92 Å². The standard InChI is InChI=1S/C11H13BrO2/c1-8-10(12)3-2-4-11(8)14-7-9-5-13-6-9/h2-4,9H,5-7H2,1H3. The van der Waals surface area contributed by atoms with Crippen molar-refractivity contribution >= 4 is 15.9 Å². The van der Waals surface area contributed by atoms with Crippen LogP contribution in [-0.2, 0) is 4.74 Å².